The fraction of sp³-hybridized carbons (Fsp3) is 0.438. The zero-order valence-corrected chi connectivity index (χ0v) is 13.0. The van der Waals surface area contributed by atoms with Crippen molar-refractivity contribution in [3.05, 3.63) is 29.3 Å². The van der Waals surface area contributed by atoms with Gasteiger partial charge in [0.15, 0.2) is 0 Å². The van der Waals surface area contributed by atoms with Crippen LogP contribution in [0.4, 0.5) is 0 Å². The Balaban J connectivity index is 2.59. The summed E-state index contributed by atoms with van der Waals surface area (Å²) >= 11 is 0. The third-order valence-corrected chi connectivity index (χ3v) is 3.98. The molecule has 1 aromatic rings. The molecule has 0 aromatic heterocycles. The molecule has 2 atom stereocenters. The average Bonchev–Trinajstić information content (AvgIpc) is 2.47. The van der Waals surface area contributed by atoms with E-state index >= 15 is 0 Å². The minimum atomic E-state index is -0.845. The number of hydrogen-bond acceptors (Lipinski definition) is 5. The van der Waals surface area contributed by atoms with Crippen molar-refractivity contribution in [1.29, 1.82) is 10.5 Å². The lowest BCUT2D eigenvalue weighted by atomic mass is 9.85. The number of rotatable bonds is 1. The quantitative estimate of drug-likeness (QED) is 0.486. The molecule has 1 heterocycles. The van der Waals surface area contributed by atoms with Crippen LogP contribution in [-0.4, -0.2) is 34.6 Å². The van der Waals surface area contributed by atoms with Crippen molar-refractivity contribution in [2.24, 2.45) is 4.99 Å². The summed E-state index contributed by atoms with van der Waals surface area (Å²) < 4.78 is 5.86. The van der Waals surface area contributed by atoms with Crippen molar-refractivity contribution < 1.29 is 9.84 Å². The van der Waals surface area contributed by atoms with Crippen LogP contribution >= 0.6 is 0 Å². The van der Waals surface area contributed by atoms with E-state index in [0.29, 0.717) is 22.7 Å². The summed E-state index contributed by atoms with van der Waals surface area (Å²) in [5.74, 6) is 1.11. The summed E-state index contributed by atoms with van der Waals surface area (Å²) in [6.45, 7) is 5.30. The summed E-state index contributed by atoms with van der Waals surface area (Å²) in [4.78, 5) is 5.46. The summed E-state index contributed by atoms with van der Waals surface area (Å²) in [5, 5.41) is 28.5. The molecule has 1 aromatic carbocycles. The Bertz CT molecular complexity index is 697. The molecule has 0 unspecified atom stereocenters. The molecule has 0 amide bonds. The van der Waals surface area contributed by atoms with Gasteiger partial charge in [0, 0.05) is 12.6 Å². The number of nitrogens with zero attached hydrogens (tertiary/aromatic N) is 4. The van der Waals surface area contributed by atoms with E-state index in [1.165, 1.54) is 0 Å². The van der Waals surface area contributed by atoms with Gasteiger partial charge in [0.2, 0.25) is 6.19 Å². The molecule has 1 aliphatic rings. The van der Waals surface area contributed by atoms with E-state index in [2.05, 4.69) is 11.1 Å². The van der Waals surface area contributed by atoms with E-state index in [9.17, 15) is 5.11 Å². The molecule has 1 N–H and O–H groups in total. The van der Waals surface area contributed by atoms with Gasteiger partial charge in [0.1, 0.15) is 23.3 Å². The Morgan fingerprint density at radius 1 is 1.41 bits per heavy atom. The molecule has 2 rings (SSSR count). The van der Waals surface area contributed by atoms with Crippen LogP contribution in [0.3, 0.4) is 0 Å². The van der Waals surface area contributed by atoms with Gasteiger partial charge in [-0.3, -0.25) is 0 Å². The van der Waals surface area contributed by atoms with Crippen LogP contribution in [0.25, 0.3) is 0 Å². The van der Waals surface area contributed by atoms with Gasteiger partial charge in [-0.1, -0.05) is 0 Å². The number of fused-ring (bicyclic) bond motifs is 1. The smallest absolute Gasteiger partial charge is 0.207 e. The molecule has 0 spiro atoms. The lowest BCUT2D eigenvalue weighted by Gasteiger charge is -2.45. The monoisotopic (exact) mass is 298 g/mol. The highest BCUT2D eigenvalue weighted by Gasteiger charge is 2.45. The molecular formula is C16H18N4O2. The standard InChI is InChI=1S/C16H18N4O2/c1-10(19-9-18)20(4)14-12-7-11(8-17)5-6-13(12)22-16(2,3)15(14)21/h5-7,14-15,21H,1-4H3/t14-,15+/m1/s1. The number of hydrogen-bond donors (Lipinski definition) is 1. The van der Waals surface area contributed by atoms with Crippen molar-refractivity contribution in [3.8, 4) is 18.0 Å². The molecule has 0 fully saturated rings. The fourth-order valence-electron chi connectivity index (χ4n) is 2.61. The second kappa shape index (κ2) is 5.67. The molecule has 1 aliphatic heterocycles. The van der Waals surface area contributed by atoms with Crippen LogP contribution in [0, 0.1) is 22.8 Å². The maximum Gasteiger partial charge on any atom is 0.207 e. The summed E-state index contributed by atoms with van der Waals surface area (Å²) in [7, 11) is 1.76. The maximum absolute atomic E-state index is 10.7. The first-order chi connectivity index (χ1) is 10.3. The normalized spacial score (nSPS) is 22.8. The number of amidine groups is 1. The zero-order chi connectivity index (χ0) is 16.5. The van der Waals surface area contributed by atoms with E-state index in [4.69, 9.17) is 15.3 Å². The fourth-order valence-corrected chi connectivity index (χ4v) is 2.61. The second-order valence-electron chi connectivity index (χ2n) is 5.83. The van der Waals surface area contributed by atoms with E-state index in [-0.39, 0.29) is 0 Å². The summed E-state index contributed by atoms with van der Waals surface area (Å²) in [6.07, 6.45) is 0.906. The van der Waals surface area contributed by atoms with Crippen LogP contribution in [0.5, 0.6) is 5.75 Å². The van der Waals surface area contributed by atoms with Crippen LogP contribution in [-0.2, 0) is 0 Å². The molecule has 0 bridgehead atoms. The topological polar surface area (TPSA) is 92.6 Å². The van der Waals surface area contributed by atoms with E-state index in [1.807, 2.05) is 0 Å². The number of benzene rings is 1. The van der Waals surface area contributed by atoms with E-state index < -0.39 is 17.7 Å². The molecule has 0 radical (unpaired) electrons. The molecule has 22 heavy (non-hydrogen) atoms. The van der Waals surface area contributed by atoms with Gasteiger partial charge in [-0.2, -0.15) is 15.5 Å². The van der Waals surface area contributed by atoms with Gasteiger partial charge in [-0.15, -0.1) is 0 Å². The third kappa shape index (κ3) is 2.61. The van der Waals surface area contributed by atoms with Crippen molar-refractivity contribution in [2.45, 2.75) is 38.5 Å². The van der Waals surface area contributed by atoms with Crippen molar-refractivity contribution in [1.82, 2.24) is 4.90 Å². The van der Waals surface area contributed by atoms with Gasteiger partial charge >= 0.3 is 0 Å². The Hall–Kier alpha value is -2.57. The number of aliphatic imine (C=N–C) groups is 1. The van der Waals surface area contributed by atoms with Gasteiger partial charge in [0.05, 0.1) is 17.7 Å². The average molecular weight is 298 g/mol. The SMILES string of the molecule is CC(=NC#N)N(C)[C@@H]1c2cc(C#N)ccc2OC(C)(C)[C@H]1O. The van der Waals surface area contributed by atoms with Crippen LogP contribution in [0.2, 0.25) is 0 Å². The highest BCUT2D eigenvalue weighted by molar-refractivity contribution is 5.81. The largest absolute Gasteiger partial charge is 0.485 e. The Labute approximate surface area is 129 Å². The van der Waals surface area contributed by atoms with Crippen LogP contribution < -0.4 is 4.74 Å². The molecular weight excluding hydrogens is 280 g/mol. The highest BCUT2D eigenvalue weighted by Crippen LogP contribution is 2.42. The first-order valence-electron chi connectivity index (χ1n) is 6.89. The van der Waals surface area contributed by atoms with Gasteiger partial charge < -0.3 is 14.7 Å². The third-order valence-electron chi connectivity index (χ3n) is 3.98. The maximum atomic E-state index is 10.7. The summed E-state index contributed by atoms with van der Waals surface area (Å²) in [5.41, 5.74) is 0.399. The van der Waals surface area contributed by atoms with Crippen molar-refractivity contribution in [3.63, 3.8) is 0 Å². The van der Waals surface area contributed by atoms with E-state index in [1.54, 1.807) is 57.1 Å². The first kappa shape index (κ1) is 15.8. The number of aliphatic hydroxyl groups is 1. The molecule has 0 saturated heterocycles. The van der Waals surface area contributed by atoms with Crippen molar-refractivity contribution in [2.75, 3.05) is 7.05 Å². The lowest BCUT2D eigenvalue weighted by molar-refractivity contribution is -0.0785. The predicted molar refractivity (Wildman–Crippen MR) is 81.1 cm³/mol. The van der Waals surface area contributed by atoms with Gasteiger partial charge in [-0.25, -0.2) is 0 Å². The lowest BCUT2D eigenvalue weighted by Crippen LogP contribution is -2.53. The minimum absolute atomic E-state index is 0.454. The number of aliphatic hydroxyl groups excluding tert-OH is 1. The molecule has 114 valence electrons. The number of ether oxygens (including phenoxy) is 1. The molecule has 6 heteroatoms. The summed E-state index contributed by atoms with van der Waals surface area (Å²) in [6, 6.07) is 6.75. The first-order valence-corrected chi connectivity index (χ1v) is 6.89. The second-order valence-corrected chi connectivity index (χ2v) is 5.83. The van der Waals surface area contributed by atoms with Crippen LogP contribution in [0.15, 0.2) is 23.2 Å². The van der Waals surface area contributed by atoms with Gasteiger partial charge in [0.25, 0.3) is 0 Å². The molecule has 0 aliphatic carbocycles. The molecule has 6 nitrogen and oxygen atoms in total. The molecule has 0 saturated carbocycles. The Morgan fingerprint density at radius 3 is 2.68 bits per heavy atom. The Kier molecular flexibility index (Phi) is 4.07. The predicted octanol–water partition coefficient (Wildman–Crippen LogP) is 1.96. The van der Waals surface area contributed by atoms with Gasteiger partial charge in [-0.05, 0) is 39.0 Å². The number of nitriles is 2. The van der Waals surface area contributed by atoms with Crippen LogP contribution in [0.1, 0.15) is 37.9 Å². The highest BCUT2D eigenvalue weighted by atomic mass is 16.5. The van der Waals surface area contributed by atoms with Crippen molar-refractivity contribution >= 4 is 5.84 Å². The Morgan fingerprint density at radius 2 is 2.09 bits per heavy atom. The van der Waals surface area contributed by atoms with E-state index in [0.717, 1.165) is 0 Å². The minimum Gasteiger partial charge on any atom is -0.485 e. The zero-order valence-electron chi connectivity index (χ0n) is 13.0. The number of likely N-dealkylation sites (N-methyl/N-ethyl adjacent to an activating group) is 1.